The minimum atomic E-state index is -0.487. The second-order valence-electron chi connectivity index (χ2n) is 11.9. The number of aromatic nitrogens is 3. The Bertz CT molecular complexity index is 3020. The van der Waals surface area contributed by atoms with Gasteiger partial charge in [0.1, 0.15) is 0 Å². The molecule has 9 rings (SSSR count). The second-order valence-corrected chi connectivity index (χ2v) is 11.9. The molecule has 50 heavy (non-hydrogen) atoms. The van der Waals surface area contributed by atoms with Crippen LogP contribution in [0.25, 0.3) is 89.1 Å². The van der Waals surface area contributed by atoms with E-state index in [2.05, 4.69) is 72.8 Å². The first-order valence-corrected chi connectivity index (χ1v) is 16.3. The Labute approximate surface area is 301 Å². The van der Waals surface area contributed by atoms with E-state index in [1.54, 1.807) is 24.3 Å². The normalized spacial score (nSPS) is 13.2. The monoisotopic (exact) mass is 644 g/mol. The minimum absolute atomic E-state index is 0.0379. The number of nitrogens with zero attached hydrogens (tertiary/aromatic N) is 3. The molecule has 3 nitrogen and oxygen atoms in total. The van der Waals surface area contributed by atoms with Gasteiger partial charge in [-0.15, -0.1) is 0 Å². The molecule has 0 radical (unpaired) electrons. The highest BCUT2D eigenvalue weighted by atomic mass is 15.0. The van der Waals surface area contributed by atoms with Crippen LogP contribution < -0.4 is 0 Å². The molecular formula is C47H31N3. The molecule has 0 bridgehead atoms. The summed E-state index contributed by atoms with van der Waals surface area (Å²) < 4.78 is 59.4. The van der Waals surface area contributed by atoms with Crippen molar-refractivity contribution in [1.29, 1.82) is 0 Å². The predicted molar refractivity (Wildman–Crippen MR) is 207 cm³/mol. The van der Waals surface area contributed by atoms with Crippen LogP contribution in [0.1, 0.15) is 9.60 Å². The number of rotatable bonds is 6. The molecule has 3 heteroatoms. The van der Waals surface area contributed by atoms with Crippen LogP contribution in [0.2, 0.25) is 0 Å². The van der Waals surface area contributed by atoms with E-state index in [-0.39, 0.29) is 28.4 Å². The molecule has 0 spiro atoms. The SMILES string of the molecule is [2H]c1c([2H])c([2H])c2c(-c3ccc(-c4nc(-c5ccccc5)nc(-c5cccc(-c6ccc(-c7ccccc7)c7ccccc67)c5)n4)cc3)c([2H])c([2H])c([2H])c2c1[2H]. The van der Waals surface area contributed by atoms with Crippen LogP contribution >= 0.6 is 0 Å². The average molecular weight is 645 g/mol. The van der Waals surface area contributed by atoms with E-state index in [9.17, 15) is 0 Å². The lowest BCUT2D eigenvalue weighted by Gasteiger charge is -2.13. The molecular weight excluding hydrogens is 607 g/mol. The van der Waals surface area contributed by atoms with Crippen molar-refractivity contribution in [3.05, 3.63) is 188 Å². The van der Waals surface area contributed by atoms with Crippen molar-refractivity contribution >= 4 is 21.5 Å². The standard InChI is InChI=1S/C47H31N3/c1-3-13-32(14-4-1)41-29-30-42(44-23-10-9-22-43(41)44)37-19-11-20-38(31-37)47-49-45(35-16-5-2-6-17-35)48-46(50-47)36-27-25-34(26-28-36)40-24-12-18-33-15-7-8-21-39(33)40/h1-31H/i7D,8D,12D,15D,18D,21D,24D. The van der Waals surface area contributed by atoms with Gasteiger partial charge in [-0.3, -0.25) is 0 Å². The molecule has 9 aromatic rings. The highest BCUT2D eigenvalue weighted by molar-refractivity contribution is 6.05. The summed E-state index contributed by atoms with van der Waals surface area (Å²) >= 11 is 0. The third-order valence-corrected chi connectivity index (χ3v) is 8.85. The van der Waals surface area contributed by atoms with Gasteiger partial charge >= 0.3 is 0 Å². The summed E-state index contributed by atoms with van der Waals surface area (Å²) in [7, 11) is 0. The van der Waals surface area contributed by atoms with E-state index in [1.165, 1.54) is 0 Å². The zero-order valence-electron chi connectivity index (χ0n) is 33.7. The smallest absolute Gasteiger partial charge is 0.164 e. The van der Waals surface area contributed by atoms with Gasteiger partial charge < -0.3 is 0 Å². The van der Waals surface area contributed by atoms with E-state index in [1.807, 2.05) is 48.5 Å². The van der Waals surface area contributed by atoms with Gasteiger partial charge in [0.15, 0.2) is 17.5 Å². The lowest BCUT2D eigenvalue weighted by Crippen LogP contribution is -2.00. The van der Waals surface area contributed by atoms with Gasteiger partial charge in [0.2, 0.25) is 0 Å². The van der Waals surface area contributed by atoms with Crippen LogP contribution in [0, 0.1) is 0 Å². The van der Waals surface area contributed by atoms with Crippen LogP contribution in [0.3, 0.4) is 0 Å². The largest absolute Gasteiger partial charge is 0.208 e. The third-order valence-electron chi connectivity index (χ3n) is 8.85. The maximum atomic E-state index is 8.79. The lowest BCUT2D eigenvalue weighted by molar-refractivity contribution is 1.07. The predicted octanol–water partition coefficient (Wildman–Crippen LogP) is 12.2. The highest BCUT2D eigenvalue weighted by Crippen LogP contribution is 2.37. The summed E-state index contributed by atoms with van der Waals surface area (Å²) in [6.07, 6.45) is 0. The van der Waals surface area contributed by atoms with Crippen LogP contribution in [0.5, 0.6) is 0 Å². The quantitative estimate of drug-likeness (QED) is 0.181. The summed E-state index contributed by atoms with van der Waals surface area (Å²) in [4.78, 5) is 14.8. The first-order valence-electron chi connectivity index (χ1n) is 19.8. The Kier molecular flexibility index (Phi) is 5.80. The molecule has 0 unspecified atom stereocenters. The molecule has 0 amide bonds. The third kappa shape index (κ3) is 5.51. The van der Waals surface area contributed by atoms with Gasteiger partial charge in [-0.1, -0.05) is 182 Å². The molecule has 0 aliphatic heterocycles. The van der Waals surface area contributed by atoms with E-state index in [4.69, 9.17) is 24.5 Å². The van der Waals surface area contributed by atoms with E-state index >= 15 is 0 Å². The van der Waals surface area contributed by atoms with Crippen molar-refractivity contribution in [2.24, 2.45) is 0 Å². The van der Waals surface area contributed by atoms with Crippen LogP contribution in [-0.4, -0.2) is 15.0 Å². The Morgan fingerprint density at radius 1 is 0.320 bits per heavy atom. The second kappa shape index (κ2) is 12.7. The first kappa shape index (κ1) is 22.8. The number of fused-ring (bicyclic) bond motifs is 2. The number of hydrogen-bond acceptors (Lipinski definition) is 3. The Morgan fingerprint density at radius 3 is 1.50 bits per heavy atom. The van der Waals surface area contributed by atoms with Crippen LogP contribution in [-0.2, 0) is 0 Å². The maximum Gasteiger partial charge on any atom is 0.164 e. The van der Waals surface area contributed by atoms with E-state index in [0.29, 0.717) is 28.6 Å². The zero-order valence-corrected chi connectivity index (χ0v) is 26.7. The fourth-order valence-corrected chi connectivity index (χ4v) is 6.41. The Morgan fingerprint density at radius 2 is 0.800 bits per heavy atom. The van der Waals surface area contributed by atoms with Gasteiger partial charge in [-0.05, 0) is 61.0 Å². The summed E-state index contributed by atoms with van der Waals surface area (Å²) in [6, 6.07) is 45.2. The molecule has 234 valence electrons. The van der Waals surface area contributed by atoms with Crippen molar-refractivity contribution in [3.63, 3.8) is 0 Å². The molecule has 0 atom stereocenters. The molecule has 0 N–H and O–H groups in total. The van der Waals surface area contributed by atoms with Gasteiger partial charge in [0, 0.05) is 16.7 Å². The van der Waals surface area contributed by atoms with Crippen molar-refractivity contribution in [3.8, 4) is 67.5 Å². The molecule has 8 aromatic carbocycles. The summed E-state index contributed by atoms with van der Waals surface area (Å²) in [5.41, 5.74) is 7.31. The summed E-state index contributed by atoms with van der Waals surface area (Å²) in [5.74, 6) is 1.38. The molecule has 0 fully saturated rings. The highest BCUT2D eigenvalue weighted by Gasteiger charge is 2.15. The van der Waals surface area contributed by atoms with Crippen molar-refractivity contribution in [2.75, 3.05) is 0 Å². The first-order chi connectivity index (χ1) is 27.7. The average Bonchev–Trinajstić information content (AvgIpc) is 3.27. The zero-order chi connectivity index (χ0) is 39.4. The Hall–Kier alpha value is -6.71. The van der Waals surface area contributed by atoms with Crippen molar-refractivity contribution in [2.45, 2.75) is 0 Å². The van der Waals surface area contributed by atoms with E-state index < -0.39 is 30.2 Å². The van der Waals surface area contributed by atoms with Crippen LogP contribution in [0.4, 0.5) is 0 Å². The molecule has 0 aliphatic rings. The molecule has 0 aliphatic carbocycles. The number of hydrogen-bond donors (Lipinski definition) is 0. The maximum absolute atomic E-state index is 8.79. The summed E-state index contributed by atoms with van der Waals surface area (Å²) in [5, 5.41) is 2.24. The van der Waals surface area contributed by atoms with Crippen molar-refractivity contribution in [1.82, 2.24) is 15.0 Å². The topological polar surface area (TPSA) is 38.7 Å². The fraction of sp³-hybridized carbons (Fsp3) is 0. The fourth-order valence-electron chi connectivity index (χ4n) is 6.41. The molecule has 1 aromatic heterocycles. The minimum Gasteiger partial charge on any atom is -0.208 e. The van der Waals surface area contributed by atoms with Gasteiger partial charge in [0.05, 0.1) is 9.60 Å². The van der Waals surface area contributed by atoms with E-state index in [0.717, 1.165) is 44.2 Å². The molecule has 1 heterocycles. The van der Waals surface area contributed by atoms with Crippen LogP contribution in [0.15, 0.2) is 188 Å². The van der Waals surface area contributed by atoms with Gasteiger partial charge in [-0.2, -0.15) is 0 Å². The molecule has 0 saturated carbocycles. The van der Waals surface area contributed by atoms with Gasteiger partial charge in [-0.25, -0.2) is 15.0 Å². The lowest BCUT2D eigenvalue weighted by atomic mass is 9.91. The molecule has 0 saturated heterocycles. The summed E-state index contributed by atoms with van der Waals surface area (Å²) in [6.45, 7) is 0. The van der Waals surface area contributed by atoms with Crippen molar-refractivity contribution < 1.29 is 9.60 Å². The number of benzene rings is 8. The Balaban J connectivity index is 1.16. The van der Waals surface area contributed by atoms with Gasteiger partial charge in [0.25, 0.3) is 0 Å².